The molecule has 2 heterocycles. The summed E-state index contributed by atoms with van der Waals surface area (Å²) < 4.78 is 2.25. The molecule has 0 bridgehead atoms. The summed E-state index contributed by atoms with van der Waals surface area (Å²) >= 11 is 1.42. The highest BCUT2D eigenvalue weighted by atomic mass is 32.1. The van der Waals surface area contributed by atoms with E-state index in [4.69, 9.17) is 0 Å². The maximum Gasteiger partial charge on any atom is 0.271 e. The average Bonchev–Trinajstić information content (AvgIpc) is 3.39. The van der Waals surface area contributed by atoms with Gasteiger partial charge < -0.3 is 9.88 Å². The van der Waals surface area contributed by atoms with Crippen LogP contribution in [0.15, 0.2) is 10.9 Å². The normalized spacial score (nSPS) is 18.2. The Bertz CT molecular complexity index is 627. The molecule has 0 unspecified atom stereocenters. The van der Waals surface area contributed by atoms with Crippen LogP contribution in [0, 0.1) is 0 Å². The SMILES string of the molecule is O=C(NCc1nnc(C2CC2)n1C1CC1)c1cscn1. The summed E-state index contributed by atoms with van der Waals surface area (Å²) in [5, 5.41) is 13.2. The van der Waals surface area contributed by atoms with Crippen molar-refractivity contribution >= 4 is 17.2 Å². The van der Waals surface area contributed by atoms with Crippen molar-refractivity contribution in [3.8, 4) is 0 Å². The van der Waals surface area contributed by atoms with Gasteiger partial charge in [0.1, 0.15) is 11.5 Å². The maximum atomic E-state index is 11.9. The van der Waals surface area contributed by atoms with Crippen LogP contribution in [0.25, 0.3) is 0 Å². The third-order valence-corrected chi connectivity index (χ3v) is 4.31. The molecule has 2 aliphatic carbocycles. The van der Waals surface area contributed by atoms with Gasteiger partial charge in [0.05, 0.1) is 12.1 Å². The Morgan fingerprint density at radius 2 is 2.20 bits per heavy atom. The predicted octanol–water partition coefficient (Wildman–Crippen LogP) is 1.88. The van der Waals surface area contributed by atoms with Crippen molar-refractivity contribution in [2.75, 3.05) is 0 Å². The van der Waals surface area contributed by atoms with Crippen LogP contribution in [0.3, 0.4) is 0 Å². The van der Waals surface area contributed by atoms with E-state index in [0.717, 1.165) is 11.6 Å². The Morgan fingerprint density at radius 1 is 1.35 bits per heavy atom. The maximum absolute atomic E-state index is 11.9. The van der Waals surface area contributed by atoms with Crippen LogP contribution in [-0.2, 0) is 6.54 Å². The van der Waals surface area contributed by atoms with Crippen LogP contribution < -0.4 is 5.32 Å². The zero-order valence-electron chi connectivity index (χ0n) is 11.0. The van der Waals surface area contributed by atoms with E-state index in [0.29, 0.717) is 24.2 Å². The molecule has 2 aromatic heterocycles. The second-order valence-electron chi connectivity index (χ2n) is 5.41. The number of hydrogen-bond acceptors (Lipinski definition) is 5. The minimum Gasteiger partial charge on any atom is -0.343 e. The van der Waals surface area contributed by atoms with Gasteiger partial charge in [-0.1, -0.05) is 0 Å². The van der Waals surface area contributed by atoms with E-state index in [1.165, 1.54) is 37.0 Å². The molecule has 1 amide bonds. The van der Waals surface area contributed by atoms with E-state index in [-0.39, 0.29) is 5.91 Å². The average molecular weight is 289 g/mol. The molecule has 0 spiro atoms. The zero-order valence-corrected chi connectivity index (χ0v) is 11.8. The van der Waals surface area contributed by atoms with E-state index in [9.17, 15) is 4.79 Å². The van der Waals surface area contributed by atoms with E-state index in [1.807, 2.05) is 0 Å². The number of nitrogens with zero attached hydrogens (tertiary/aromatic N) is 4. The lowest BCUT2D eigenvalue weighted by atomic mass is 10.3. The summed E-state index contributed by atoms with van der Waals surface area (Å²) in [6.45, 7) is 0.423. The van der Waals surface area contributed by atoms with Gasteiger partial charge in [0, 0.05) is 17.3 Å². The van der Waals surface area contributed by atoms with Gasteiger partial charge in [-0.05, 0) is 25.7 Å². The number of thiazole rings is 1. The van der Waals surface area contributed by atoms with Crippen LogP contribution >= 0.6 is 11.3 Å². The molecule has 7 heteroatoms. The first-order chi connectivity index (χ1) is 9.83. The van der Waals surface area contributed by atoms with Gasteiger partial charge in [0.25, 0.3) is 5.91 Å². The van der Waals surface area contributed by atoms with E-state index in [1.54, 1.807) is 10.9 Å². The van der Waals surface area contributed by atoms with Gasteiger partial charge >= 0.3 is 0 Å². The van der Waals surface area contributed by atoms with Crippen LogP contribution in [0.2, 0.25) is 0 Å². The van der Waals surface area contributed by atoms with E-state index >= 15 is 0 Å². The molecule has 6 nitrogen and oxygen atoms in total. The smallest absolute Gasteiger partial charge is 0.271 e. The third-order valence-electron chi connectivity index (χ3n) is 3.72. The highest BCUT2D eigenvalue weighted by Gasteiger charge is 2.36. The van der Waals surface area contributed by atoms with Crippen molar-refractivity contribution in [1.29, 1.82) is 0 Å². The molecule has 2 aromatic rings. The molecule has 0 aliphatic heterocycles. The summed E-state index contributed by atoms with van der Waals surface area (Å²) in [5.41, 5.74) is 2.13. The Kier molecular flexibility index (Phi) is 2.80. The van der Waals surface area contributed by atoms with Crippen molar-refractivity contribution in [2.45, 2.75) is 44.2 Å². The molecule has 4 rings (SSSR count). The van der Waals surface area contributed by atoms with E-state index in [2.05, 4.69) is 25.1 Å². The molecule has 2 aliphatic rings. The molecule has 0 aromatic carbocycles. The molecule has 0 atom stereocenters. The summed E-state index contributed by atoms with van der Waals surface area (Å²) in [7, 11) is 0. The fourth-order valence-corrected chi connectivity index (χ4v) is 2.92. The monoisotopic (exact) mass is 289 g/mol. The molecule has 0 saturated heterocycles. The standard InChI is InChI=1S/C13H15N5OS/c19-13(10-6-20-7-15-10)14-5-11-16-17-12(8-1-2-8)18(11)9-3-4-9/h6-9H,1-5H2,(H,14,19). The van der Waals surface area contributed by atoms with Gasteiger partial charge in [-0.3, -0.25) is 4.79 Å². The molecule has 2 saturated carbocycles. The van der Waals surface area contributed by atoms with Crippen LogP contribution in [-0.4, -0.2) is 25.7 Å². The first-order valence-corrected chi connectivity index (χ1v) is 7.87. The summed E-state index contributed by atoms with van der Waals surface area (Å²) in [5.74, 6) is 2.43. The van der Waals surface area contributed by atoms with E-state index < -0.39 is 0 Å². The fourth-order valence-electron chi connectivity index (χ4n) is 2.38. The molecular formula is C13H15N5OS. The molecular weight excluding hydrogens is 274 g/mol. The van der Waals surface area contributed by atoms with Crippen molar-refractivity contribution in [3.63, 3.8) is 0 Å². The quantitative estimate of drug-likeness (QED) is 0.912. The summed E-state index contributed by atoms with van der Waals surface area (Å²) in [6, 6.07) is 0.548. The topological polar surface area (TPSA) is 72.7 Å². The van der Waals surface area contributed by atoms with Crippen molar-refractivity contribution in [2.24, 2.45) is 0 Å². The minimum absolute atomic E-state index is 0.149. The number of amides is 1. The first-order valence-electron chi connectivity index (χ1n) is 6.93. The largest absolute Gasteiger partial charge is 0.343 e. The molecule has 0 radical (unpaired) electrons. The number of carbonyl (C=O) groups excluding carboxylic acids is 1. The van der Waals surface area contributed by atoms with Gasteiger partial charge in [-0.15, -0.1) is 21.5 Å². The second kappa shape index (κ2) is 4.66. The van der Waals surface area contributed by atoms with Crippen LogP contribution in [0.5, 0.6) is 0 Å². The first kappa shape index (κ1) is 12.0. The Hall–Kier alpha value is -1.76. The zero-order chi connectivity index (χ0) is 13.5. The summed E-state index contributed by atoms with van der Waals surface area (Å²) in [4.78, 5) is 15.9. The number of aromatic nitrogens is 4. The Morgan fingerprint density at radius 3 is 2.85 bits per heavy atom. The second-order valence-corrected chi connectivity index (χ2v) is 6.12. The lowest BCUT2D eigenvalue weighted by Crippen LogP contribution is -2.25. The van der Waals surface area contributed by atoms with Gasteiger partial charge in [0.15, 0.2) is 5.82 Å². The third kappa shape index (κ3) is 2.22. The molecule has 20 heavy (non-hydrogen) atoms. The number of hydrogen-bond donors (Lipinski definition) is 1. The lowest BCUT2D eigenvalue weighted by molar-refractivity contribution is 0.0945. The summed E-state index contributed by atoms with van der Waals surface area (Å²) in [6.07, 6.45) is 4.83. The van der Waals surface area contributed by atoms with Gasteiger partial charge in [0.2, 0.25) is 0 Å². The molecule has 104 valence electrons. The highest BCUT2D eigenvalue weighted by Crippen LogP contribution is 2.44. The van der Waals surface area contributed by atoms with Crippen molar-refractivity contribution in [3.05, 3.63) is 28.2 Å². The van der Waals surface area contributed by atoms with Crippen LogP contribution in [0.4, 0.5) is 0 Å². The predicted molar refractivity (Wildman–Crippen MR) is 73.6 cm³/mol. The lowest BCUT2D eigenvalue weighted by Gasteiger charge is -2.08. The van der Waals surface area contributed by atoms with Crippen molar-refractivity contribution < 1.29 is 4.79 Å². The number of carbonyl (C=O) groups is 1. The highest BCUT2D eigenvalue weighted by molar-refractivity contribution is 7.07. The fraction of sp³-hybridized carbons (Fsp3) is 0.538. The Labute approximate surface area is 120 Å². The van der Waals surface area contributed by atoms with Crippen LogP contribution in [0.1, 0.15) is 59.8 Å². The Balaban J connectivity index is 1.50. The van der Waals surface area contributed by atoms with Crippen molar-refractivity contribution in [1.82, 2.24) is 25.1 Å². The number of nitrogens with one attached hydrogen (secondary N) is 1. The van der Waals surface area contributed by atoms with Gasteiger partial charge in [-0.2, -0.15) is 0 Å². The number of rotatable bonds is 5. The molecule has 2 fully saturated rings. The molecule has 1 N–H and O–H groups in total. The van der Waals surface area contributed by atoms with Gasteiger partial charge in [-0.25, -0.2) is 4.98 Å². The minimum atomic E-state index is -0.149.